The molecule has 0 aliphatic heterocycles. The number of halogens is 1. The van der Waals surface area contributed by atoms with Crippen molar-refractivity contribution in [3.63, 3.8) is 0 Å². The summed E-state index contributed by atoms with van der Waals surface area (Å²) < 4.78 is 0. The lowest BCUT2D eigenvalue weighted by Crippen LogP contribution is -2.03. The first-order valence-corrected chi connectivity index (χ1v) is 3.80. The number of hydrogen-bond acceptors (Lipinski definition) is 2. The van der Waals surface area contributed by atoms with Crippen molar-refractivity contribution in [1.29, 1.82) is 0 Å². The molecule has 3 heteroatoms. The number of nitrogens with zero attached hydrogens (tertiary/aromatic N) is 1. The van der Waals surface area contributed by atoms with Crippen molar-refractivity contribution >= 4 is 17.4 Å². The highest BCUT2D eigenvalue weighted by Crippen LogP contribution is 2.04. The Morgan fingerprint density at radius 3 is 3.00 bits per heavy atom. The first-order chi connectivity index (χ1) is 5.25. The van der Waals surface area contributed by atoms with Gasteiger partial charge in [0.1, 0.15) is 0 Å². The highest BCUT2D eigenvalue weighted by Gasteiger charge is 2.06. The third kappa shape index (κ3) is 1.77. The third-order valence-corrected chi connectivity index (χ3v) is 1.67. The van der Waals surface area contributed by atoms with Crippen LogP contribution in [0.25, 0.3) is 0 Å². The van der Waals surface area contributed by atoms with Crippen molar-refractivity contribution in [3.05, 3.63) is 29.6 Å². The fourth-order valence-corrected chi connectivity index (χ4v) is 0.995. The SMILES string of the molecule is Cc1ncccc1C(=O)CCl. The maximum Gasteiger partial charge on any atom is 0.179 e. The molecule has 0 aliphatic rings. The summed E-state index contributed by atoms with van der Waals surface area (Å²) >= 11 is 5.38. The Hall–Kier alpha value is -0.890. The molecule has 0 fully saturated rings. The van der Waals surface area contributed by atoms with E-state index in [-0.39, 0.29) is 11.7 Å². The summed E-state index contributed by atoms with van der Waals surface area (Å²) in [5, 5.41) is 0. The molecule has 11 heavy (non-hydrogen) atoms. The van der Waals surface area contributed by atoms with E-state index in [1.165, 1.54) is 0 Å². The van der Waals surface area contributed by atoms with Gasteiger partial charge in [-0.2, -0.15) is 0 Å². The molecule has 0 bridgehead atoms. The van der Waals surface area contributed by atoms with E-state index in [0.717, 1.165) is 5.69 Å². The van der Waals surface area contributed by atoms with Crippen LogP contribution in [-0.2, 0) is 0 Å². The van der Waals surface area contributed by atoms with Gasteiger partial charge in [-0.3, -0.25) is 9.78 Å². The quantitative estimate of drug-likeness (QED) is 0.499. The highest BCUT2D eigenvalue weighted by atomic mass is 35.5. The molecule has 0 amide bonds. The van der Waals surface area contributed by atoms with Crippen molar-refractivity contribution in [3.8, 4) is 0 Å². The van der Waals surface area contributed by atoms with Crippen LogP contribution in [0.4, 0.5) is 0 Å². The molecular formula is C8H8ClNO. The standard InChI is InChI=1S/C8H8ClNO/c1-6-7(8(11)5-9)3-2-4-10-6/h2-4H,5H2,1H3. The van der Waals surface area contributed by atoms with Crippen LogP contribution in [-0.4, -0.2) is 16.6 Å². The average Bonchev–Trinajstić information content (AvgIpc) is 2.04. The van der Waals surface area contributed by atoms with Crippen molar-refractivity contribution in [2.45, 2.75) is 6.92 Å². The molecule has 1 heterocycles. The number of rotatable bonds is 2. The van der Waals surface area contributed by atoms with Gasteiger partial charge in [-0.25, -0.2) is 0 Å². The van der Waals surface area contributed by atoms with Gasteiger partial charge in [-0.05, 0) is 19.1 Å². The predicted molar refractivity (Wildman–Crippen MR) is 44.0 cm³/mol. The molecular weight excluding hydrogens is 162 g/mol. The third-order valence-electron chi connectivity index (χ3n) is 1.43. The number of alkyl halides is 1. The summed E-state index contributed by atoms with van der Waals surface area (Å²) in [5.74, 6) is -0.0516. The van der Waals surface area contributed by atoms with Crippen LogP contribution >= 0.6 is 11.6 Å². The molecule has 0 unspecified atom stereocenters. The van der Waals surface area contributed by atoms with E-state index in [1.54, 1.807) is 25.3 Å². The molecule has 0 spiro atoms. The lowest BCUT2D eigenvalue weighted by Gasteiger charge is -1.98. The zero-order valence-electron chi connectivity index (χ0n) is 6.17. The highest BCUT2D eigenvalue weighted by molar-refractivity contribution is 6.30. The number of pyridine rings is 1. The molecule has 0 saturated heterocycles. The van der Waals surface area contributed by atoms with E-state index < -0.39 is 0 Å². The van der Waals surface area contributed by atoms with Crippen molar-refractivity contribution < 1.29 is 4.79 Å². The van der Waals surface area contributed by atoms with E-state index in [4.69, 9.17) is 11.6 Å². The Morgan fingerprint density at radius 1 is 1.73 bits per heavy atom. The Bertz CT molecular complexity index is 273. The second-order valence-corrected chi connectivity index (χ2v) is 2.46. The fourth-order valence-electron chi connectivity index (χ4n) is 0.851. The summed E-state index contributed by atoms with van der Waals surface area (Å²) in [7, 11) is 0. The van der Waals surface area contributed by atoms with Gasteiger partial charge < -0.3 is 0 Å². The summed E-state index contributed by atoms with van der Waals surface area (Å²) in [6.45, 7) is 1.79. The number of aromatic nitrogens is 1. The largest absolute Gasteiger partial charge is 0.293 e. The zero-order valence-corrected chi connectivity index (χ0v) is 6.93. The maximum absolute atomic E-state index is 11.1. The molecule has 0 atom stereocenters. The average molecular weight is 170 g/mol. The Labute approximate surface area is 70.2 Å². The molecule has 1 aromatic rings. The minimum Gasteiger partial charge on any atom is -0.293 e. The van der Waals surface area contributed by atoms with Gasteiger partial charge >= 0.3 is 0 Å². The number of aryl methyl sites for hydroxylation is 1. The first-order valence-electron chi connectivity index (χ1n) is 3.26. The monoisotopic (exact) mass is 169 g/mol. The minimum atomic E-state index is -0.0720. The molecule has 0 saturated carbocycles. The molecule has 0 aliphatic carbocycles. The van der Waals surface area contributed by atoms with Gasteiger partial charge in [0.05, 0.1) is 5.88 Å². The molecule has 2 nitrogen and oxygen atoms in total. The second kappa shape index (κ2) is 3.49. The number of Topliss-reactive ketones (excluding diaryl/α,β-unsaturated/α-hetero) is 1. The summed E-state index contributed by atoms with van der Waals surface area (Å²) in [4.78, 5) is 15.0. The van der Waals surface area contributed by atoms with Crippen molar-refractivity contribution in [1.82, 2.24) is 4.98 Å². The molecule has 0 radical (unpaired) electrons. The molecule has 1 aromatic heterocycles. The maximum atomic E-state index is 11.1. The normalized spacial score (nSPS) is 9.64. The van der Waals surface area contributed by atoms with E-state index in [0.29, 0.717) is 5.56 Å². The lowest BCUT2D eigenvalue weighted by atomic mass is 10.1. The number of carbonyl (C=O) groups excluding carboxylic acids is 1. The van der Waals surface area contributed by atoms with Crippen LogP contribution < -0.4 is 0 Å². The van der Waals surface area contributed by atoms with Crippen molar-refractivity contribution in [2.75, 3.05) is 5.88 Å². The summed E-state index contributed by atoms with van der Waals surface area (Å²) in [6.07, 6.45) is 1.65. The predicted octanol–water partition coefficient (Wildman–Crippen LogP) is 1.81. The summed E-state index contributed by atoms with van der Waals surface area (Å²) in [6, 6.07) is 3.46. The van der Waals surface area contributed by atoms with E-state index in [1.807, 2.05) is 0 Å². The van der Waals surface area contributed by atoms with Crippen LogP contribution in [0.3, 0.4) is 0 Å². The Morgan fingerprint density at radius 2 is 2.45 bits per heavy atom. The number of hydrogen-bond donors (Lipinski definition) is 0. The molecule has 0 N–H and O–H groups in total. The number of carbonyl (C=O) groups is 1. The topological polar surface area (TPSA) is 30.0 Å². The van der Waals surface area contributed by atoms with Gasteiger partial charge in [0.25, 0.3) is 0 Å². The fraction of sp³-hybridized carbons (Fsp3) is 0.250. The first kappa shape index (κ1) is 8.21. The van der Waals surface area contributed by atoms with Crippen LogP contribution in [0, 0.1) is 6.92 Å². The smallest absolute Gasteiger partial charge is 0.179 e. The molecule has 0 aromatic carbocycles. The zero-order chi connectivity index (χ0) is 8.27. The van der Waals surface area contributed by atoms with Gasteiger partial charge in [0.15, 0.2) is 5.78 Å². The van der Waals surface area contributed by atoms with E-state index in [2.05, 4.69) is 4.98 Å². The second-order valence-electron chi connectivity index (χ2n) is 2.19. The van der Waals surface area contributed by atoms with Crippen LogP contribution in [0.5, 0.6) is 0 Å². The van der Waals surface area contributed by atoms with Gasteiger partial charge in [0, 0.05) is 17.5 Å². The molecule has 1 rings (SSSR count). The lowest BCUT2D eigenvalue weighted by molar-refractivity contribution is 0.102. The van der Waals surface area contributed by atoms with E-state index >= 15 is 0 Å². The number of ketones is 1. The summed E-state index contributed by atoms with van der Waals surface area (Å²) in [5.41, 5.74) is 1.35. The van der Waals surface area contributed by atoms with Crippen LogP contribution in [0.15, 0.2) is 18.3 Å². The molecule has 58 valence electrons. The Kier molecular flexibility index (Phi) is 2.60. The van der Waals surface area contributed by atoms with Crippen LogP contribution in [0.2, 0.25) is 0 Å². The van der Waals surface area contributed by atoms with Crippen molar-refractivity contribution in [2.24, 2.45) is 0 Å². The van der Waals surface area contributed by atoms with Gasteiger partial charge in [0.2, 0.25) is 0 Å². The minimum absolute atomic E-state index is 0.0204. The Balaban J connectivity index is 3.03. The van der Waals surface area contributed by atoms with Crippen LogP contribution in [0.1, 0.15) is 16.1 Å². The van der Waals surface area contributed by atoms with Gasteiger partial charge in [-0.15, -0.1) is 11.6 Å². The van der Waals surface area contributed by atoms with Gasteiger partial charge in [-0.1, -0.05) is 0 Å². The van der Waals surface area contributed by atoms with E-state index in [9.17, 15) is 4.79 Å².